The fourth-order valence-electron chi connectivity index (χ4n) is 4.67. The van der Waals surface area contributed by atoms with Crippen molar-refractivity contribution in [1.82, 2.24) is 20.1 Å². The van der Waals surface area contributed by atoms with Crippen molar-refractivity contribution >= 4 is 16.0 Å². The molecule has 2 atom stereocenters. The Morgan fingerprint density at radius 2 is 1.74 bits per heavy atom. The summed E-state index contributed by atoms with van der Waals surface area (Å²) in [5.74, 6) is 1.68. The number of hydrogen-bond acceptors (Lipinski definition) is 8. The minimum atomic E-state index is -3.94. The molecule has 1 aliphatic rings. The van der Waals surface area contributed by atoms with E-state index in [2.05, 4.69) is 20.2 Å². The Bertz CT molecular complexity index is 1510. The van der Waals surface area contributed by atoms with Gasteiger partial charge in [0.05, 0.1) is 19.5 Å². The van der Waals surface area contributed by atoms with Crippen LogP contribution < -0.4 is 19.5 Å². The Hall–Kier alpha value is -3.90. The molecule has 10 nitrogen and oxygen atoms in total. The van der Waals surface area contributed by atoms with Gasteiger partial charge < -0.3 is 19.2 Å². The monoisotopic (exact) mass is 541 g/mol. The molecular formula is C26H28FN5O5S. The molecular weight excluding hydrogens is 513 g/mol. The molecule has 0 aliphatic carbocycles. The topological polar surface area (TPSA) is 121 Å². The maximum atomic E-state index is 13.7. The number of benzene rings is 2. The molecule has 2 N–H and O–H groups in total. The van der Waals surface area contributed by atoms with E-state index >= 15 is 0 Å². The number of piperidine rings is 1. The minimum Gasteiger partial charge on any atom is -0.494 e. The van der Waals surface area contributed by atoms with Crippen LogP contribution in [0.4, 0.5) is 10.3 Å². The molecule has 5 rings (SSSR count). The van der Waals surface area contributed by atoms with Crippen LogP contribution in [0.15, 0.2) is 59.0 Å². The largest absolute Gasteiger partial charge is 0.494 e. The van der Waals surface area contributed by atoms with Gasteiger partial charge in [-0.2, -0.15) is 0 Å². The summed E-state index contributed by atoms with van der Waals surface area (Å²) >= 11 is 0. The van der Waals surface area contributed by atoms with Crippen LogP contribution in [-0.4, -0.2) is 55.7 Å². The van der Waals surface area contributed by atoms with Gasteiger partial charge >= 0.3 is 0 Å². The van der Waals surface area contributed by atoms with E-state index in [4.69, 9.17) is 13.9 Å². The Morgan fingerprint density at radius 1 is 1.03 bits per heavy atom. The summed E-state index contributed by atoms with van der Waals surface area (Å²) in [7, 11) is -0.928. The van der Waals surface area contributed by atoms with Gasteiger partial charge in [0.1, 0.15) is 28.8 Å². The lowest BCUT2D eigenvalue weighted by atomic mass is 9.91. The quantitative estimate of drug-likeness (QED) is 0.345. The number of halogens is 1. The Balaban J connectivity index is 1.54. The zero-order valence-electron chi connectivity index (χ0n) is 21.1. The van der Waals surface area contributed by atoms with Gasteiger partial charge in [-0.25, -0.2) is 12.8 Å². The maximum Gasteiger partial charge on any atom is 0.243 e. The summed E-state index contributed by atoms with van der Waals surface area (Å²) in [6.07, 6.45) is 0.352. The van der Waals surface area contributed by atoms with E-state index in [-0.39, 0.29) is 30.1 Å². The van der Waals surface area contributed by atoms with Gasteiger partial charge in [-0.15, -0.1) is 10.2 Å². The van der Waals surface area contributed by atoms with E-state index in [1.807, 2.05) is 0 Å². The van der Waals surface area contributed by atoms with E-state index in [1.54, 1.807) is 49.4 Å². The molecule has 1 aliphatic heterocycles. The number of anilines is 1. The van der Waals surface area contributed by atoms with Crippen molar-refractivity contribution in [2.45, 2.75) is 24.5 Å². The lowest BCUT2D eigenvalue weighted by Gasteiger charge is -2.30. The van der Waals surface area contributed by atoms with E-state index in [0.29, 0.717) is 41.7 Å². The highest BCUT2D eigenvalue weighted by atomic mass is 32.2. The number of para-hydroxylation sites is 1. The van der Waals surface area contributed by atoms with Crippen LogP contribution in [-0.2, 0) is 10.0 Å². The first kappa shape index (κ1) is 25.7. The van der Waals surface area contributed by atoms with Gasteiger partial charge in [-0.05, 0) is 61.2 Å². The van der Waals surface area contributed by atoms with Gasteiger partial charge in [0, 0.05) is 13.1 Å². The molecule has 4 aromatic rings. The molecule has 0 bridgehead atoms. The fraction of sp³-hybridized carbons (Fsp3) is 0.308. The van der Waals surface area contributed by atoms with Crippen molar-refractivity contribution in [2.24, 2.45) is 0 Å². The van der Waals surface area contributed by atoms with Crippen LogP contribution >= 0.6 is 0 Å². The first-order chi connectivity index (χ1) is 18.3. The standard InChI is InChI=1S/C26H28FN5O5S/c1-16-7-12-23(37-16)25-29-30-26(32(25)24-21(35-2)5-4-6-22(24)36-3)31-38(33,34)20-13-18(14-28-15-20)17-8-10-19(27)11-9-17/h4-12,18,20,28H,13-15H2,1-3H3,(H,30,31)/t18-,20-/m0/s1. The van der Waals surface area contributed by atoms with Crippen molar-refractivity contribution in [1.29, 1.82) is 0 Å². The first-order valence-corrected chi connectivity index (χ1v) is 13.6. The number of sulfonamides is 1. The molecule has 38 heavy (non-hydrogen) atoms. The van der Waals surface area contributed by atoms with Crippen molar-refractivity contribution in [3.8, 4) is 28.8 Å². The zero-order valence-corrected chi connectivity index (χ0v) is 22.0. The molecule has 0 unspecified atom stereocenters. The molecule has 0 amide bonds. The third-order valence-electron chi connectivity index (χ3n) is 6.57. The van der Waals surface area contributed by atoms with Crippen molar-refractivity contribution < 1.29 is 26.7 Å². The maximum absolute atomic E-state index is 13.7. The molecule has 3 heterocycles. The number of hydrogen-bond donors (Lipinski definition) is 2. The number of furan rings is 1. The molecule has 2 aromatic heterocycles. The molecule has 12 heteroatoms. The summed E-state index contributed by atoms with van der Waals surface area (Å²) in [6.45, 7) is 2.64. The predicted octanol–water partition coefficient (Wildman–Crippen LogP) is 3.88. The second-order valence-electron chi connectivity index (χ2n) is 9.02. The summed E-state index contributed by atoms with van der Waals surface area (Å²) in [5.41, 5.74) is 1.28. The highest BCUT2D eigenvalue weighted by molar-refractivity contribution is 7.93. The normalized spacial score (nSPS) is 17.8. The van der Waals surface area contributed by atoms with Crippen molar-refractivity contribution in [3.05, 3.63) is 71.7 Å². The lowest BCUT2D eigenvalue weighted by molar-refractivity contribution is 0.391. The van der Waals surface area contributed by atoms with Crippen LogP contribution in [0.5, 0.6) is 11.5 Å². The van der Waals surface area contributed by atoms with Crippen molar-refractivity contribution in [2.75, 3.05) is 32.0 Å². The number of nitrogens with one attached hydrogen (secondary N) is 2. The third kappa shape index (κ3) is 4.96. The number of aryl methyl sites for hydroxylation is 1. The Kier molecular flexibility index (Phi) is 7.09. The van der Waals surface area contributed by atoms with Crippen LogP contribution in [0.25, 0.3) is 17.3 Å². The Morgan fingerprint density at radius 3 is 2.37 bits per heavy atom. The van der Waals surface area contributed by atoms with Crippen LogP contribution in [0.1, 0.15) is 23.7 Å². The fourth-order valence-corrected chi connectivity index (χ4v) is 6.04. The van der Waals surface area contributed by atoms with Crippen molar-refractivity contribution in [3.63, 3.8) is 0 Å². The van der Waals surface area contributed by atoms with Crippen LogP contribution in [0.2, 0.25) is 0 Å². The number of aromatic nitrogens is 3. The molecule has 2 aromatic carbocycles. The number of ether oxygens (including phenoxy) is 2. The van der Waals surface area contributed by atoms with Gasteiger partial charge in [-0.3, -0.25) is 9.29 Å². The SMILES string of the molecule is COc1cccc(OC)c1-n1c(NS(=O)(=O)[C@@H]2CNC[C@@H](c3ccc(F)cc3)C2)nnc1-c1ccc(C)o1. The average Bonchev–Trinajstić information content (AvgIpc) is 3.54. The third-order valence-corrected chi connectivity index (χ3v) is 8.28. The van der Waals surface area contributed by atoms with E-state index < -0.39 is 15.3 Å². The second kappa shape index (κ2) is 10.5. The highest BCUT2D eigenvalue weighted by Gasteiger charge is 2.35. The van der Waals surface area contributed by atoms with Gasteiger partial charge in [0.25, 0.3) is 0 Å². The summed E-state index contributed by atoms with van der Waals surface area (Å²) in [5, 5.41) is 10.9. The molecule has 0 spiro atoms. The summed E-state index contributed by atoms with van der Waals surface area (Å²) in [6, 6.07) is 14.9. The second-order valence-corrected chi connectivity index (χ2v) is 11.0. The van der Waals surface area contributed by atoms with E-state index in [0.717, 1.165) is 5.56 Å². The number of nitrogens with zero attached hydrogens (tertiary/aromatic N) is 3. The first-order valence-electron chi connectivity index (χ1n) is 12.0. The average molecular weight is 542 g/mol. The zero-order chi connectivity index (χ0) is 26.9. The summed E-state index contributed by atoms with van der Waals surface area (Å²) < 4.78 is 61.8. The number of methoxy groups -OCH3 is 2. The minimum absolute atomic E-state index is 0.0410. The Labute approximate surface area is 219 Å². The summed E-state index contributed by atoms with van der Waals surface area (Å²) in [4.78, 5) is 0. The molecule has 1 fully saturated rings. The van der Waals surface area contributed by atoms with E-state index in [1.165, 1.54) is 30.9 Å². The lowest BCUT2D eigenvalue weighted by Crippen LogP contribution is -2.44. The molecule has 1 saturated heterocycles. The van der Waals surface area contributed by atoms with Crippen LogP contribution in [0.3, 0.4) is 0 Å². The predicted molar refractivity (Wildman–Crippen MR) is 140 cm³/mol. The number of rotatable bonds is 8. The molecule has 0 saturated carbocycles. The smallest absolute Gasteiger partial charge is 0.243 e. The molecule has 0 radical (unpaired) electrons. The molecule has 200 valence electrons. The van der Waals surface area contributed by atoms with Gasteiger partial charge in [0.2, 0.25) is 21.8 Å². The van der Waals surface area contributed by atoms with Gasteiger partial charge in [-0.1, -0.05) is 18.2 Å². The van der Waals surface area contributed by atoms with Gasteiger partial charge in [0.15, 0.2) is 5.76 Å². The van der Waals surface area contributed by atoms with Crippen LogP contribution in [0, 0.1) is 12.7 Å². The van der Waals surface area contributed by atoms with E-state index in [9.17, 15) is 12.8 Å². The highest BCUT2D eigenvalue weighted by Crippen LogP contribution is 2.38.